The normalized spacial score (nSPS) is 10.7. The maximum atomic E-state index is 12.8. The summed E-state index contributed by atoms with van der Waals surface area (Å²) in [6, 6.07) is 15.0. The number of hydrogen-bond acceptors (Lipinski definition) is 5. The van der Waals surface area contributed by atoms with Crippen LogP contribution in [0.5, 0.6) is 0 Å². The van der Waals surface area contributed by atoms with E-state index in [0.29, 0.717) is 17.8 Å². The number of aromatic nitrogens is 2. The second-order valence-corrected chi connectivity index (χ2v) is 5.63. The molecule has 2 heterocycles. The number of non-ortho nitro benzene ring substituents is 1. The fourth-order valence-electron chi connectivity index (χ4n) is 2.44. The van der Waals surface area contributed by atoms with Crippen LogP contribution in [0.2, 0.25) is 0 Å². The van der Waals surface area contributed by atoms with Crippen LogP contribution in [0.15, 0.2) is 79.3 Å². The third kappa shape index (κ3) is 4.82. The van der Waals surface area contributed by atoms with Crippen molar-refractivity contribution >= 4 is 23.4 Å². The van der Waals surface area contributed by atoms with Gasteiger partial charge in [0.05, 0.1) is 17.2 Å². The molecule has 0 unspecified atom stereocenters. The van der Waals surface area contributed by atoms with Crippen molar-refractivity contribution in [2.24, 2.45) is 0 Å². The van der Waals surface area contributed by atoms with Crippen LogP contribution in [-0.4, -0.2) is 20.8 Å². The standard InChI is InChI=1S/C20H16N4O3/c25-20(9-6-16-4-7-19(8-5-16)24(26)27)23(18-10-13-21-14-11-18)15-17-3-1-2-12-22-17/h1-14H,15H2/b9-6+. The summed E-state index contributed by atoms with van der Waals surface area (Å²) in [4.78, 5) is 32.9. The van der Waals surface area contributed by atoms with Crippen LogP contribution in [0.4, 0.5) is 11.4 Å². The zero-order valence-corrected chi connectivity index (χ0v) is 14.3. The van der Waals surface area contributed by atoms with E-state index < -0.39 is 4.92 Å². The van der Waals surface area contributed by atoms with Crippen molar-refractivity contribution in [1.29, 1.82) is 0 Å². The molecule has 7 heteroatoms. The lowest BCUT2D eigenvalue weighted by Gasteiger charge is -2.20. The van der Waals surface area contributed by atoms with Crippen LogP contribution in [0.1, 0.15) is 11.3 Å². The van der Waals surface area contributed by atoms with Gasteiger partial charge in [-0.2, -0.15) is 0 Å². The number of anilines is 1. The Labute approximate surface area is 155 Å². The fraction of sp³-hybridized carbons (Fsp3) is 0.0500. The van der Waals surface area contributed by atoms with E-state index in [-0.39, 0.29) is 11.6 Å². The highest BCUT2D eigenvalue weighted by Gasteiger charge is 2.14. The molecule has 0 radical (unpaired) electrons. The maximum absolute atomic E-state index is 12.8. The monoisotopic (exact) mass is 360 g/mol. The van der Waals surface area contributed by atoms with E-state index in [1.807, 2.05) is 18.2 Å². The minimum atomic E-state index is -0.462. The van der Waals surface area contributed by atoms with E-state index in [1.54, 1.807) is 53.8 Å². The summed E-state index contributed by atoms with van der Waals surface area (Å²) in [5.74, 6) is -0.231. The van der Waals surface area contributed by atoms with Crippen LogP contribution >= 0.6 is 0 Å². The highest BCUT2D eigenvalue weighted by Crippen LogP contribution is 2.17. The maximum Gasteiger partial charge on any atom is 0.269 e. The summed E-state index contributed by atoms with van der Waals surface area (Å²) in [6.45, 7) is 0.314. The molecular formula is C20H16N4O3. The van der Waals surface area contributed by atoms with Gasteiger partial charge >= 0.3 is 0 Å². The summed E-state index contributed by atoms with van der Waals surface area (Å²) in [5, 5.41) is 10.7. The molecule has 0 bridgehead atoms. The molecule has 3 rings (SSSR count). The first kappa shape index (κ1) is 17.9. The van der Waals surface area contributed by atoms with Crippen molar-refractivity contribution in [2.45, 2.75) is 6.54 Å². The van der Waals surface area contributed by atoms with E-state index in [9.17, 15) is 14.9 Å². The minimum Gasteiger partial charge on any atom is -0.303 e. The number of carbonyl (C=O) groups excluding carboxylic acids is 1. The lowest BCUT2D eigenvalue weighted by Crippen LogP contribution is -2.29. The van der Waals surface area contributed by atoms with E-state index in [4.69, 9.17) is 0 Å². The average Bonchev–Trinajstić information content (AvgIpc) is 2.72. The minimum absolute atomic E-state index is 0.00652. The van der Waals surface area contributed by atoms with Crippen LogP contribution < -0.4 is 4.90 Å². The van der Waals surface area contributed by atoms with E-state index in [1.165, 1.54) is 18.2 Å². The van der Waals surface area contributed by atoms with Gasteiger partial charge in [-0.05, 0) is 48.0 Å². The highest BCUT2D eigenvalue weighted by atomic mass is 16.6. The van der Waals surface area contributed by atoms with Crippen LogP contribution in [0, 0.1) is 10.1 Å². The Kier molecular flexibility index (Phi) is 5.64. The summed E-state index contributed by atoms with van der Waals surface area (Å²) in [7, 11) is 0. The predicted octanol–water partition coefficient (Wildman–Crippen LogP) is 3.63. The van der Waals surface area contributed by atoms with Crippen molar-refractivity contribution in [3.05, 3.63) is 101 Å². The second kappa shape index (κ2) is 8.48. The van der Waals surface area contributed by atoms with Crippen molar-refractivity contribution < 1.29 is 9.72 Å². The van der Waals surface area contributed by atoms with Gasteiger partial charge in [-0.1, -0.05) is 6.07 Å². The Balaban J connectivity index is 1.81. The van der Waals surface area contributed by atoms with Gasteiger partial charge in [0, 0.05) is 42.5 Å². The molecule has 2 aromatic heterocycles. The second-order valence-electron chi connectivity index (χ2n) is 5.63. The number of amides is 1. The van der Waals surface area contributed by atoms with Gasteiger partial charge in [0.1, 0.15) is 0 Å². The first-order valence-corrected chi connectivity index (χ1v) is 8.17. The van der Waals surface area contributed by atoms with Gasteiger partial charge in [-0.3, -0.25) is 24.9 Å². The van der Waals surface area contributed by atoms with Crippen LogP contribution in [-0.2, 0) is 11.3 Å². The summed E-state index contributed by atoms with van der Waals surface area (Å²) < 4.78 is 0. The number of nitro groups is 1. The zero-order chi connectivity index (χ0) is 19.1. The highest BCUT2D eigenvalue weighted by molar-refractivity contribution is 6.03. The molecule has 27 heavy (non-hydrogen) atoms. The lowest BCUT2D eigenvalue weighted by atomic mass is 10.2. The molecule has 1 aromatic carbocycles. The summed E-state index contributed by atoms with van der Waals surface area (Å²) in [6.07, 6.45) is 7.97. The third-order valence-corrected chi connectivity index (χ3v) is 3.81. The lowest BCUT2D eigenvalue weighted by molar-refractivity contribution is -0.384. The SMILES string of the molecule is O=C(/C=C/c1ccc([N+](=O)[O-])cc1)N(Cc1ccccn1)c1ccncc1. The van der Waals surface area contributed by atoms with Crippen LogP contribution in [0.25, 0.3) is 6.08 Å². The molecule has 7 nitrogen and oxygen atoms in total. The third-order valence-electron chi connectivity index (χ3n) is 3.81. The molecule has 1 amide bonds. The molecule has 0 fully saturated rings. The number of benzene rings is 1. The van der Waals surface area contributed by atoms with E-state index >= 15 is 0 Å². The van der Waals surface area contributed by atoms with Gasteiger partial charge in [-0.25, -0.2) is 0 Å². The molecular weight excluding hydrogens is 344 g/mol. The molecule has 0 aliphatic carbocycles. The number of nitro benzene ring substituents is 1. The number of hydrogen-bond donors (Lipinski definition) is 0. The van der Waals surface area contributed by atoms with E-state index in [0.717, 1.165) is 5.69 Å². The molecule has 0 atom stereocenters. The summed E-state index contributed by atoms with van der Waals surface area (Å²) >= 11 is 0. The smallest absolute Gasteiger partial charge is 0.269 e. The largest absolute Gasteiger partial charge is 0.303 e. The quantitative estimate of drug-likeness (QED) is 0.380. The molecule has 0 spiro atoms. The first-order valence-electron chi connectivity index (χ1n) is 8.17. The molecule has 0 aliphatic rings. The first-order chi connectivity index (χ1) is 13.1. The molecule has 3 aromatic rings. The van der Waals surface area contributed by atoms with Crippen molar-refractivity contribution in [3.8, 4) is 0 Å². The van der Waals surface area contributed by atoms with Gasteiger partial charge in [0.2, 0.25) is 0 Å². The van der Waals surface area contributed by atoms with Crippen molar-refractivity contribution in [2.75, 3.05) is 4.90 Å². The molecule has 0 aliphatic heterocycles. The Bertz CT molecular complexity index is 942. The van der Waals surface area contributed by atoms with Gasteiger partial charge < -0.3 is 4.90 Å². The Hall–Kier alpha value is -3.87. The average molecular weight is 360 g/mol. The van der Waals surface area contributed by atoms with Crippen LogP contribution in [0.3, 0.4) is 0 Å². The van der Waals surface area contributed by atoms with Crippen molar-refractivity contribution in [3.63, 3.8) is 0 Å². The Morgan fingerprint density at radius 3 is 2.41 bits per heavy atom. The fourth-order valence-corrected chi connectivity index (χ4v) is 2.44. The number of nitrogens with zero attached hydrogens (tertiary/aromatic N) is 4. The zero-order valence-electron chi connectivity index (χ0n) is 14.3. The molecule has 0 saturated heterocycles. The number of rotatable bonds is 6. The van der Waals surface area contributed by atoms with Gasteiger partial charge in [-0.15, -0.1) is 0 Å². The topological polar surface area (TPSA) is 89.2 Å². The Morgan fingerprint density at radius 2 is 1.78 bits per heavy atom. The van der Waals surface area contributed by atoms with Gasteiger partial charge in [0.15, 0.2) is 0 Å². The van der Waals surface area contributed by atoms with Crippen molar-refractivity contribution in [1.82, 2.24) is 9.97 Å². The Morgan fingerprint density at radius 1 is 1.04 bits per heavy atom. The number of pyridine rings is 2. The molecule has 0 saturated carbocycles. The van der Waals surface area contributed by atoms with Gasteiger partial charge in [0.25, 0.3) is 11.6 Å². The van der Waals surface area contributed by atoms with E-state index in [2.05, 4.69) is 9.97 Å². The molecule has 134 valence electrons. The summed E-state index contributed by atoms with van der Waals surface area (Å²) in [5.41, 5.74) is 2.16. The number of carbonyl (C=O) groups is 1. The molecule has 0 N–H and O–H groups in total. The predicted molar refractivity (Wildman–Crippen MR) is 102 cm³/mol.